The van der Waals surface area contributed by atoms with Crippen LogP contribution in [0, 0.1) is 19.7 Å². The highest BCUT2D eigenvalue weighted by atomic mass is 32.1. The van der Waals surface area contributed by atoms with E-state index < -0.39 is 0 Å². The Morgan fingerprint density at radius 2 is 1.94 bits per heavy atom. The van der Waals surface area contributed by atoms with Crippen LogP contribution in [0.15, 0.2) is 24.3 Å². The van der Waals surface area contributed by atoms with Crippen molar-refractivity contribution in [3.05, 3.63) is 51.2 Å². The van der Waals surface area contributed by atoms with Gasteiger partial charge in [-0.3, -0.25) is 0 Å². The second-order valence-corrected chi connectivity index (χ2v) is 5.69. The van der Waals surface area contributed by atoms with E-state index >= 15 is 0 Å². The Labute approximate surface area is 111 Å². The molecule has 0 aliphatic heterocycles. The Morgan fingerprint density at radius 3 is 2.50 bits per heavy atom. The summed E-state index contributed by atoms with van der Waals surface area (Å²) in [5.74, 6) is -0.197. The fourth-order valence-corrected chi connectivity index (χ4v) is 2.61. The van der Waals surface area contributed by atoms with E-state index in [4.69, 9.17) is 0 Å². The van der Waals surface area contributed by atoms with Gasteiger partial charge in [0.05, 0.1) is 5.69 Å². The van der Waals surface area contributed by atoms with Crippen LogP contribution in [0.4, 0.5) is 4.39 Å². The van der Waals surface area contributed by atoms with Gasteiger partial charge in [-0.05, 0) is 38.5 Å². The molecule has 4 heteroatoms. The summed E-state index contributed by atoms with van der Waals surface area (Å²) in [6.45, 7) is 6.93. The molecule has 1 aromatic carbocycles. The van der Waals surface area contributed by atoms with Gasteiger partial charge in [-0.25, -0.2) is 9.37 Å². The van der Waals surface area contributed by atoms with Gasteiger partial charge in [0.1, 0.15) is 10.8 Å². The lowest BCUT2D eigenvalue weighted by Gasteiger charge is -2.13. The van der Waals surface area contributed by atoms with Crippen LogP contribution in [0.25, 0.3) is 0 Å². The number of nitrogens with zero attached hydrogens (tertiary/aromatic N) is 1. The lowest BCUT2D eigenvalue weighted by atomic mass is 10.1. The normalized spacial score (nSPS) is 12.7. The molecule has 0 saturated heterocycles. The monoisotopic (exact) mass is 264 g/mol. The van der Waals surface area contributed by atoms with Crippen molar-refractivity contribution in [1.82, 2.24) is 10.3 Å². The summed E-state index contributed by atoms with van der Waals surface area (Å²) in [5.41, 5.74) is 2.19. The number of hydrogen-bond acceptors (Lipinski definition) is 3. The number of thiazole rings is 1. The largest absolute Gasteiger partial charge is 0.304 e. The van der Waals surface area contributed by atoms with Gasteiger partial charge >= 0.3 is 0 Å². The lowest BCUT2D eigenvalue weighted by Crippen LogP contribution is -2.17. The fraction of sp³-hybridized carbons (Fsp3) is 0.357. The molecule has 1 N–H and O–H groups in total. The molecule has 0 radical (unpaired) electrons. The molecular weight excluding hydrogens is 247 g/mol. The van der Waals surface area contributed by atoms with Crippen molar-refractivity contribution in [3.63, 3.8) is 0 Å². The van der Waals surface area contributed by atoms with Crippen molar-refractivity contribution in [2.75, 3.05) is 0 Å². The highest BCUT2D eigenvalue weighted by Gasteiger charge is 2.07. The van der Waals surface area contributed by atoms with Crippen LogP contribution in [0.1, 0.15) is 34.1 Å². The summed E-state index contributed by atoms with van der Waals surface area (Å²) in [5, 5.41) is 4.50. The average molecular weight is 264 g/mol. The van der Waals surface area contributed by atoms with E-state index in [0.29, 0.717) is 0 Å². The minimum atomic E-state index is -0.197. The van der Waals surface area contributed by atoms with Crippen LogP contribution in [0.3, 0.4) is 0 Å². The lowest BCUT2D eigenvalue weighted by molar-refractivity contribution is 0.569. The fourth-order valence-electron chi connectivity index (χ4n) is 1.72. The van der Waals surface area contributed by atoms with Crippen molar-refractivity contribution in [3.8, 4) is 0 Å². The van der Waals surface area contributed by atoms with Crippen molar-refractivity contribution in [2.24, 2.45) is 0 Å². The van der Waals surface area contributed by atoms with Crippen LogP contribution < -0.4 is 5.32 Å². The Kier molecular flexibility index (Phi) is 4.09. The van der Waals surface area contributed by atoms with Crippen LogP contribution in [-0.4, -0.2) is 4.98 Å². The molecule has 96 valence electrons. The zero-order valence-corrected chi connectivity index (χ0v) is 11.6. The Balaban J connectivity index is 1.95. The first-order valence-corrected chi connectivity index (χ1v) is 6.79. The van der Waals surface area contributed by atoms with Crippen molar-refractivity contribution < 1.29 is 4.39 Å². The molecule has 0 aliphatic carbocycles. The van der Waals surface area contributed by atoms with Crippen molar-refractivity contribution in [1.29, 1.82) is 0 Å². The number of hydrogen-bond donors (Lipinski definition) is 1. The molecule has 0 amide bonds. The van der Waals surface area contributed by atoms with Gasteiger partial charge in [0.15, 0.2) is 0 Å². The highest BCUT2D eigenvalue weighted by Crippen LogP contribution is 2.18. The van der Waals surface area contributed by atoms with Crippen molar-refractivity contribution >= 4 is 11.3 Å². The number of halogens is 1. The van der Waals surface area contributed by atoms with E-state index in [0.717, 1.165) is 22.8 Å². The molecule has 2 rings (SSSR count). The van der Waals surface area contributed by atoms with Gasteiger partial charge in [-0.2, -0.15) is 0 Å². The molecular formula is C14H17FN2S. The van der Waals surface area contributed by atoms with Gasteiger partial charge in [-0.15, -0.1) is 11.3 Å². The van der Waals surface area contributed by atoms with Gasteiger partial charge in [0, 0.05) is 17.5 Å². The van der Waals surface area contributed by atoms with Crippen LogP contribution in [0.5, 0.6) is 0 Å². The standard InChI is InChI=1S/C14H17FN2S/c1-9-11(3)18-14(17-9)8-16-10(2)12-4-6-13(15)7-5-12/h4-7,10,16H,8H2,1-3H3/t10-/m1/s1. The quantitative estimate of drug-likeness (QED) is 0.909. The molecule has 2 aromatic rings. The summed E-state index contributed by atoms with van der Waals surface area (Å²) in [6.07, 6.45) is 0. The Bertz CT molecular complexity index is 500. The van der Waals surface area contributed by atoms with E-state index in [9.17, 15) is 4.39 Å². The molecule has 1 atom stereocenters. The topological polar surface area (TPSA) is 24.9 Å². The summed E-state index contributed by atoms with van der Waals surface area (Å²) >= 11 is 1.72. The molecule has 2 nitrogen and oxygen atoms in total. The Hall–Kier alpha value is -1.26. The number of benzene rings is 1. The third kappa shape index (κ3) is 3.15. The Morgan fingerprint density at radius 1 is 1.28 bits per heavy atom. The predicted octanol–water partition coefficient (Wildman–Crippen LogP) is 3.75. The molecule has 18 heavy (non-hydrogen) atoms. The first-order valence-electron chi connectivity index (χ1n) is 5.98. The predicted molar refractivity (Wildman–Crippen MR) is 73.2 cm³/mol. The molecule has 1 aromatic heterocycles. The minimum Gasteiger partial charge on any atom is -0.304 e. The number of nitrogens with one attached hydrogen (secondary N) is 1. The van der Waals surface area contributed by atoms with Gasteiger partial charge in [0.2, 0.25) is 0 Å². The van der Waals surface area contributed by atoms with E-state index in [1.54, 1.807) is 11.3 Å². The van der Waals surface area contributed by atoms with E-state index in [2.05, 4.69) is 24.1 Å². The summed E-state index contributed by atoms with van der Waals surface area (Å²) in [6, 6.07) is 6.79. The van der Waals surface area contributed by atoms with Gasteiger partial charge in [-0.1, -0.05) is 12.1 Å². The maximum Gasteiger partial charge on any atom is 0.123 e. The minimum absolute atomic E-state index is 0.190. The third-order valence-corrected chi connectivity index (χ3v) is 4.08. The second kappa shape index (κ2) is 5.59. The molecule has 0 aliphatic rings. The molecule has 0 spiro atoms. The number of aryl methyl sites for hydroxylation is 2. The molecule has 0 unspecified atom stereocenters. The SMILES string of the molecule is Cc1nc(CN[C@H](C)c2ccc(F)cc2)sc1C. The second-order valence-electron chi connectivity index (χ2n) is 4.40. The van der Waals surface area contributed by atoms with Crippen LogP contribution in [-0.2, 0) is 6.54 Å². The van der Waals surface area contributed by atoms with Crippen LogP contribution in [0.2, 0.25) is 0 Å². The summed E-state index contributed by atoms with van der Waals surface area (Å²) in [4.78, 5) is 5.75. The molecule has 0 fully saturated rings. The maximum absolute atomic E-state index is 12.8. The van der Waals surface area contributed by atoms with E-state index in [-0.39, 0.29) is 11.9 Å². The smallest absolute Gasteiger partial charge is 0.123 e. The van der Waals surface area contributed by atoms with E-state index in [1.807, 2.05) is 19.1 Å². The summed E-state index contributed by atoms with van der Waals surface area (Å²) in [7, 11) is 0. The molecule has 1 heterocycles. The van der Waals surface area contributed by atoms with Gasteiger partial charge in [0.25, 0.3) is 0 Å². The first kappa shape index (κ1) is 13.2. The molecule has 0 bridgehead atoms. The maximum atomic E-state index is 12.8. The number of aromatic nitrogens is 1. The van der Waals surface area contributed by atoms with Crippen molar-refractivity contribution in [2.45, 2.75) is 33.4 Å². The summed E-state index contributed by atoms with van der Waals surface area (Å²) < 4.78 is 12.8. The van der Waals surface area contributed by atoms with E-state index in [1.165, 1.54) is 17.0 Å². The highest BCUT2D eigenvalue weighted by molar-refractivity contribution is 7.11. The average Bonchev–Trinajstić information content (AvgIpc) is 2.67. The number of rotatable bonds is 4. The zero-order valence-electron chi connectivity index (χ0n) is 10.8. The first-order chi connectivity index (χ1) is 8.56. The van der Waals surface area contributed by atoms with Crippen LogP contribution >= 0.6 is 11.3 Å². The zero-order chi connectivity index (χ0) is 13.1. The third-order valence-electron chi connectivity index (χ3n) is 3.00. The van der Waals surface area contributed by atoms with Gasteiger partial charge < -0.3 is 5.32 Å². The molecule has 0 saturated carbocycles.